The molecule has 0 aliphatic heterocycles. The molecule has 0 aliphatic rings. The summed E-state index contributed by atoms with van der Waals surface area (Å²) >= 11 is 0. The molecule has 2 aromatic heterocycles. The molecule has 148 valence electrons. The summed E-state index contributed by atoms with van der Waals surface area (Å²) in [6.07, 6.45) is 2.95. The second-order valence-electron chi connectivity index (χ2n) is 6.29. The Morgan fingerprint density at radius 2 is 1.70 bits per heavy atom. The molecule has 8 heteroatoms. The first-order valence-corrected chi connectivity index (χ1v) is 9.07. The van der Waals surface area contributed by atoms with Crippen LogP contribution in [-0.2, 0) is 4.74 Å². The number of esters is 1. The molecule has 0 spiro atoms. The number of carbonyl (C=O) groups excluding carboxylic acids is 2. The number of nitrogens with zero attached hydrogens (tertiary/aromatic N) is 3. The maximum atomic E-state index is 12.8. The maximum Gasteiger partial charge on any atom is 0.339 e. The number of hydrogen-bond acceptors (Lipinski definition) is 7. The number of carbonyl (C=O) groups is 2. The molecule has 1 amide bonds. The van der Waals surface area contributed by atoms with Crippen molar-refractivity contribution in [1.29, 1.82) is 0 Å². The van der Waals surface area contributed by atoms with Gasteiger partial charge in [-0.15, -0.1) is 0 Å². The third-order valence-electron chi connectivity index (χ3n) is 4.38. The van der Waals surface area contributed by atoms with E-state index in [2.05, 4.69) is 25.6 Å². The van der Waals surface area contributed by atoms with Crippen LogP contribution in [0.1, 0.15) is 20.8 Å². The van der Waals surface area contributed by atoms with Crippen LogP contribution in [0, 0.1) is 0 Å². The Hall–Kier alpha value is -4.33. The number of aromatic nitrogens is 3. The minimum Gasteiger partial charge on any atom is -0.465 e. The summed E-state index contributed by atoms with van der Waals surface area (Å²) in [5, 5.41) is 6.79. The van der Waals surface area contributed by atoms with Crippen LogP contribution >= 0.6 is 0 Å². The molecular weight excluding hydrogens is 382 g/mol. The van der Waals surface area contributed by atoms with Crippen LogP contribution < -0.4 is 10.6 Å². The quantitative estimate of drug-likeness (QED) is 0.492. The van der Waals surface area contributed by atoms with Gasteiger partial charge in [0.25, 0.3) is 5.91 Å². The van der Waals surface area contributed by atoms with Gasteiger partial charge in [0.05, 0.1) is 29.6 Å². The van der Waals surface area contributed by atoms with Gasteiger partial charge in [0.1, 0.15) is 17.8 Å². The lowest BCUT2D eigenvalue weighted by atomic mass is 10.1. The van der Waals surface area contributed by atoms with Crippen molar-refractivity contribution >= 4 is 40.0 Å². The van der Waals surface area contributed by atoms with Crippen molar-refractivity contribution in [1.82, 2.24) is 15.0 Å². The standard InChI is InChI=1S/C22H17N5O3/c1-30-22(29)15-8-2-3-9-16(15)26-19-12-18(24-13-25-19)21(28)27-17-10-4-6-14-7-5-11-23-20(14)17/h2-13H,1H3,(H,27,28)(H,24,25,26). The summed E-state index contributed by atoms with van der Waals surface area (Å²) in [6, 6.07) is 17.7. The Kier molecular flexibility index (Phi) is 5.29. The topological polar surface area (TPSA) is 106 Å². The van der Waals surface area contributed by atoms with Gasteiger partial charge in [0.15, 0.2) is 0 Å². The molecule has 2 heterocycles. The number of hydrogen-bond donors (Lipinski definition) is 2. The van der Waals surface area contributed by atoms with Crippen molar-refractivity contribution in [2.24, 2.45) is 0 Å². The van der Waals surface area contributed by atoms with Crippen molar-refractivity contribution in [2.45, 2.75) is 0 Å². The van der Waals surface area contributed by atoms with Gasteiger partial charge in [-0.25, -0.2) is 14.8 Å². The molecule has 0 fully saturated rings. The van der Waals surface area contributed by atoms with Gasteiger partial charge in [0, 0.05) is 17.6 Å². The molecule has 0 unspecified atom stereocenters. The summed E-state index contributed by atoms with van der Waals surface area (Å²) in [5.41, 5.74) is 2.30. The normalized spacial score (nSPS) is 10.4. The van der Waals surface area contributed by atoms with Crippen LogP contribution in [0.25, 0.3) is 10.9 Å². The Balaban J connectivity index is 1.58. The highest BCUT2D eigenvalue weighted by Crippen LogP contribution is 2.23. The second-order valence-corrected chi connectivity index (χ2v) is 6.29. The lowest BCUT2D eigenvalue weighted by Gasteiger charge is -2.11. The van der Waals surface area contributed by atoms with E-state index in [0.29, 0.717) is 28.3 Å². The number of fused-ring (bicyclic) bond motifs is 1. The first-order valence-electron chi connectivity index (χ1n) is 9.07. The fourth-order valence-electron chi connectivity index (χ4n) is 2.96. The average Bonchev–Trinajstić information content (AvgIpc) is 2.79. The van der Waals surface area contributed by atoms with Gasteiger partial charge < -0.3 is 15.4 Å². The van der Waals surface area contributed by atoms with Crippen molar-refractivity contribution in [3.8, 4) is 0 Å². The zero-order chi connectivity index (χ0) is 20.9. The third-order valence-corrected chi connectivity index (χ3v) is 4.38. The van der Waals surface area contributed by atoms with E-state index in [9.17, 15) is 9.59 Å². The molecule has 0 saturated carbocycles. The molecule has 0 bridgehead atoms. The average molecular weight is 399 g/mol. The molecule has 2 N–H and O–H groups in total. The van der Waals surface area contributed by atoms with E-state index in [0.717, 1.165) is 5.39 Å². The van der Waals surface area contributed by atoms with Crippen molar-refractivity contribution in [3.05, 3.63) is 84.4 Å². The molecule has 4 rings (SSSR count). The monoisotopic (exact) mass is 399 g/mol. The van der Waals surface area contributed by atoms with Crippen LogP contribution in [-0.4, -0.2) is 33.9 Å². The SMILES string of the molecule is COC(=O)c1ccccc1Nc1cc(C(=O)Nc2cccc3cccnc23)ncn1. The van der Waals surface area contributed by atoms with Gasteiger partial charge in [-0.2, -0.15) is 0 Å². The van der Waals surface area contributed by atoms with Crippen LogP contribution in [0.5, 0.6) is 0 Å². The van der Waals surface area contributed by atoms with E-state index < -0.39 is 11.9 Å². The Bertz CT molecular complexity index is 1240. The summed E-state index contributed by atoms with van der Waals surface area (Å²) in [6.45, 7) is 0. The number of rotatable bonds is 5. The number of nitrogens with one attached hydrogen (secondary N) is 2. The number of pyridine rings is 1. The highest BCUT2D eigenvalue weighted by molar-refractivity contribution is 6.07. The van der Waals surface area contributed by atoms with E-state index in [-0.39, 0.29) is 5.69 Å². The molecule has 8 nitrogen and oxygen atoms in total. The largest absolute Gasteiger partial charge is 0.465 e. The van der Waals surface area contributed by atoms with Crippen LogP contribution in [0.2, 0.25) is 0 Å². The van der Waals surface area contributed by atoms with Crippen LogP contribution in [0.3, 0.4) is 0 Å². The van der Waals surface area contributed by atoms with E-state index in [1.54, 1.807) is 36.5 Å². The molecular formula is C22H17N5O3. The third kappa shape index (κ3) is 3.93. The number of methoxy groups -OCH3 is 1. The van der Waals surface area contributed by atoms with Crippen LogP contribution in [0.4, 0.5) is 17.2 Å². The lowest BCUT2D eigenvalue weighted by molar-refractivity contribution is 0.0601. The van der Waals surface area contributed by atoms with Crippen molar-refractivity contribution < 1.29 is 14.3 Å². The molecule has 2 aromatic carbocycles. The summed E-state index contributed by atoms with van der Waals surface area (Å²) in [5.74, 6) is -0.518. The highest BCUT2D eigenvalue weighted by Gasteiger charge is 2.14. The number of amides is 1. The van der Waals surface area contributed by atoms with Gasteiger partial charge >= 0.3 is 5.97 Å². The van der Waals surface area contributed by atoms with Crippen LogP contribution in [0.15, 0.2) is 73.2 Å². The van der Waals surface area contributed by atoms with Gasteiger partial charge in [-0.05, 0) is 24.3 Å². The molecule has 0 aliphatic carbocycles. The number of para-hydroxylation sites is 2. The molecule has 0 atom stereocenters. The fraction of sp³-hybridized carbons (Fsp3) is 0.0455. The highest BCUT2D eigenvalue weighted by atomic mass is 16.5. The van der Waals surface area contributed by atoms with E-state index in [1.807, 2.05) is 24.3 Å². The number of anilines is 3. The smallest absolute Gasteiger partial charge is 0.339 e. The minimum absolute atomic E-state index is 0.163. The predicted octanol–water partition coefficient (Wildman–Crippen LogP) is 3.81. The summed E-state index contributed by atoms with van der Waals surface area (Å²) < 4.78 is 4.80. The van der Waals surface area contributed by atoms with Crippen molar-refractivity contribution in [2.75, 3.05) is 17.7 Å². The van der Waals surface area contributed by atoms with E-state index in [1.165, 1.54) is 19.5 Å². The molecule has 4 aromatic rings. The molecule has 0 saturated heterocycles. The van der Waals surface area contributed by atoms with Gasteiger partial charge in [-0.3, -0.25) is 9.78 Å². The summed E-state index contributed by atoms with van der Waals surface area (Å²) in [4.78, 5) is 37.2. The minimum atomic E-state index is -0.478. The zero-order valence-corrected chi connectivity index (χ0v) is 16.0. The van der Waals surface area contributed by atoms with Gasteiger partial charge in [-0.1, -0.05) is 30.3 Å². The fourth-order valence-corrected chi connectivity index (χ4v) is 2.96. The van der Waals surface area contributed by atoms with Crippen molar-refractivity contribution in [3.63, 3.8) is 0 Å². The molecule has 30 heavy (non-hydrogen) atoms. The zero-order valence-electron chi connectivity index (χ0n) is 16.0. The van der Waals surface area contributed by atoms with E-state index >= 15 is 0 Å². The van der Waals surface area contributed by atoms with E-state index in [4.69, 9.17) is 4.74 Å². The second kappa shape index (κ2) is 8.36. The Morgan fingerprint density at radius 3 is 2.57 bits per heavy atom. The lowest BCUT2D eigenvalue weighted by Crippen LogP contribution is -2.15. The maximum absolute atomic E-state index is 12.8. The number of ether oxygens (including phenoxy) is 1. The Labute approximate surface area is 172 Å². The first kappa shape index (κ1) is 19.0. The summed E-state index contributed by atoms with van der Waals surface area (Å²) in [7, 11) is 1.31. The van der Waals surface area contributed by atoms with Gasteiger partial charge in [0.2, 0.25) is 0 Å². The predicted molar refractivity (Wildman–Crippen MR) is 113 cm³/mol. The first-order chi connectivity index (χ1) is 14.7. The molecule has 0 radical (unpaired) electrons. The number of benzene rings is 2. The Morgan fingerprint density at radius 1 is 0.900 bits per heavy atom.